The Bertz CT molecular complexity index is 791. The molecule has 1 aliphatic heterocycles. The summed E-state index contributed by atoms with van der Waals surface area (Å²) in [7, 11) is 0. The number of benzene rings is 1. The Hall–Kier alpha value is -2.30. The molecule has 1 saturated heterocycles. The summed E-state index contributed by atoms with van der Waals surface area (Å²) in [6.45, 7) is 6.39. The lowest BCUT2D eigenvalue weighted by Gasteiger charge is -2.33. The number of likely N-dealkylation sites (tertiary alicyclic amines) is 1. The van der Waals surface area contributed by atoms with E-state index < -0.39 is 0 Å². The molecule has 1 aromatic heterocycles. The average Bonchev–Trinajstić information content (AvgIpc) is 3.26. The SMILES string of the molecule is Cc1cc(C)n(-c2ccccc2CNC(=O)N2CCCC3(CC3)C2)n1. The first kappa shape index (κ1) is 16.2. The van der Waals surface area contributed by atoms with Gasteiger partial charge in [0.2, 0.25) is 0 Å². The Morgan fingerprint density at radius 2 is 2.04 bits per heavy atom. The third-order valence-electron chi connectivity index (χ3n) is 5.57. The number of carbonyl (C=O) groups excluding carboxylic acids is 1. The third-order valence-corrected chi connectivity index (χ3v) is 5.57. The van der Waals surface area contributed by atoms with Crippen LogP contribution in [0.4, 0.5) is 4.79 Å². The van der Waals surface area contributed by atoms with Gasteiger partial charge < -0.3 is 10.2 Å². The number of nitrogens with one attached hydrogen (secondary N) is 1. The molecule has 2 aromatic rings. The van der Waals surface area contributed by atoms with E-state index in [1.165, 1.54) is 19.3 Å². The minimum atomic E-state index is 0.0640. The summed E-state index contributed by atoms with van der Waals surface area (Å²) >= 11 is 0. The van der Waals surface area contributed by atoms with Crippen molar-refractivity contribution in [2.75, 3.05) is 13.1 Å². The molecule has 1 N–H and O–H groups in total. The number of hydrogen-bond acceptors (Lipinski definition) is 2. The number of rotatable bonds is 3. The first-order chi connectivity index (χ1) is 12.1. The van der Waals surface area contributed by atoms with Crippen molar-refractivity contribution in [3.05, 3.63) is 47.3 Å². The molecule has 1 saturated carbocycles. The summed E-state index contributed by atoms with van der Waals surface area (Å²) < 4.78 is 1.96. The Morgan fingerprint density at radius 1 is 1.24 bits per heavy atom. The van der Waals surface area contributed by atoms with E-state index in [0.717, 1.165) is 42.1 Å². The van der Waals surface area contributed by atoms with Crippen molar-refractivity contribution in [3.8, 4) is 5.69 Å². The predicted molar refractivity (Wildman–Crippen MR) is 97.7 cm³/mol. The number of urea groups is 1. The zero-order valence-corrected chi connectivity index (χ0v) is 15.1. The molecule has 4 rings (SSSR count). The van der Waals surface area contributed by atoms with E-state index in [4.69, 9.17) is 0 Å². The second-order valence-corrected chi connectivity index (χ2v) is 7.65. The van der Waals surface area contributed by atoms with Crippen LogP contribution in [0.1, 0.15) is 42.6 Å². The number of aryl methyl sites for hydroxylation is 2. The van der Waals surface area contributed by atoms with Crippen LogP contribution in [0.3, 0.4) is 0 Å². The van der Waals surface area contributed by atoms with Gasteiger partial charge in [0.25, 0.3) is 0 Å². The highest BCUT2D eigenvalue weighted by Gasteiger charge is 2.46. The molecule has 0 atom stereocenters. The first-order valence-corrected chi connectivity index (χ1v) is 9.21. The second kappa shape index (κ2) is 6.21. The number of aromatic nitrogens is 2. The van der Waals surface area contributed by atoms with Crippen molar-refractivity contribution in [1.29, 1.82) is 0 Å². The average molecular weight is 338 g/mol. The van der Waals surface area contributed by atoms with E-state index in [2.05, 4.69) is 35.5 Å². The molecule has 2 aliphatic rings. The van der Waals surface area contributed by atoms with Gasteiger partial charge >= 0.3 is 6.03 Å². The molecule has 0 radical (unpaired) electrons. The molecule has 5 nitrogen and oxygen atoms in total. The molecule has 1 aliphatic carbocycles. The van der Waals surface area contributed by atoms with Gasteiger partial charge in [-0.1, -0.05) is 18.2 Å². The fourth-order valence-corrected chi connectivity index (χ4v) is 3.99. The van der Waals surface area contributed by atoms with Crippen molar-refractivity contribution < 1.29 is 4.79 Å². The zero-order chi connectivity index (χ0) is 17.4. The standard InChI is InChI=1S/C20H26N4O/c1-15-12-16(2)24(22-15)18-7-4-3-6-17(18)13-21-19(25)23-11-5-8-20(14-23)9-10-20/h3-4,6-7,12H,5,8-11,13-14H2,1-2H3,(H,21,25). The largest absolute Gasteiger partial charge is 0.334 e. The number of amides is 2. The van der Waals surface area contributed by atoms with E-state index in [9.17, 15) is 4.79 Å². The second-order valence-electron chi connectivity index (χ2n) is 7.65. The van der Waals surface area contributed by atoms with Gasteiger partial charge in [-0.05, 0) is 62.6 Å². The van der Waals surface area contributed by atoms with Gasteiger partial charge in [0.05, 0.1) is 11.4 Å². The van der Waals surface area contributed by atoms with Gasteiger partial charge in [-0.15, -0.1) is 0 Å². The summed E-state index contributed by atoms with van der Waals surface area (Å²) in [5, 5.41) is 7.70. The first-order valence-electron chi connectivity index (χ1n) is 9.21. The van der Waals surface area contributed by atoms with E-state index in [1.54, 1.807) is 0 Å². The lowest BCUT2D eigenvalue weighted by molar-refractivity contribution is 0.158. The summed E-state index contributed by atoms with van der Waals surface area (Å²) in [6.07, 6.45) is 5.00. The van der Waals surface area contributed by atoms with Gasteiger partial charge in [-0.25, -0.2) is 9.48 Å². The maximum Gasteiger partial charge on any atom is 0.317 e. The van der Waals surface area contributed by atoms with Crippen LogP contribution in [0.25, 0.3) is 5.69 Å². The number of hydrogen-bond donors (Lipinski definition) is 1. The minimum absolute atomic E-state index is 0.0640. The molecule has 2 heterocycles. The summed E-state index contributed by atoms with van der Waals surface area (Å²) in [6, 6.07) is 10.3. The van der Waals surface area contributed by atoms with Gasteiger partial charge in [0.15, 0.2) is 0 Å². The van der Waals surface area contributed by atoms with Crippen LogP contribution in [-0.2, 0) is 6.54 Å². The normalized spacial score (nSPS) is 18.4. The topological polar surface area (TPSA) is 50.2 Å². The van der Waals surface area contributed by atoms with Crippen LogP contribution in [0.15, 0.2) is 30.3 Å². The van der Waals surface area contributed by atoms with Crippen molar-refractivity contribution in [3.63, 3.8) is 0 Å². The molecule has 2 fully saturated rings. The highest BCUT2D eigenvalue weighted by atomic mass is 16.2. The highest BCUT2D eigenvalue weighted by molar-refractivity contribution is 5.74. The summed E-state index contributed by atoms with van der Waals surface area (Å²) in [5.74, 6) is 0. The van der Waals surface area contributed by atoms with E-state index in [-0.39, 0.29) is 6.03 Å². The van der Waals surface area contributed by atoms with Crippen LogP contribution in [0.5, 0.6) is 0 Å². The molecule has 0 bridgehead atoms. The van der Waals surface area contributed by atoms with Crippen LogP contribution in [0.2, 0.25) is 0 Å². The fourth-order valence-electron chi connectivity index (χ4n) is 3.99. The molecule has 25 heavy (non-hydrogen) atoms. The van der Waals surface area contributed by atoms with Crippen LogP contribution >= 0.6 is 0 Å². The minimum Gasteiger partial charge on any atom is -0.334 e. The van der Waals surface area contributed by atoms with Gasteiger partial charge in [-0.2, -0.15) is 5.10 Å². The van der Waals surface area contributed by atoms with Crippen molar-refractivity contribution >= 4 is 6.03 Å². The van der Waals surface area contributed by atoms with Crippen molar-refractivity contribution in [2.24, 2.45) is 5.41 Å². The van der Waals surface area contributed by atoms with Crippen LogP contribution in [0, 0.1) is 19.3 Å². The summed E-state index contributed by atoms with van der Waals surface area (Å²) in [5.41, 5.74) is 4.67. The molecular weight excluding hydrogens is 312 g/mol. The van der Waals surface area contributed by atoms with Crippen LogP contribution < -0.4 is 5.32 Å². The number of carbonyl (C=O) groups is 1. The third kappa shape index (κ3) is 3.28. The lowest BCUT2D eigenvalue weighted by atomic mass is 9.95. The maximum atomic E-state index is 12.6. The van der Waals surface area contributed by atoms with E-state index in [1.807, 2.05) is 28.6 Å². The summed E-state index contributed by atoms with van der Waals surface area (Å²) in [4.78, 5) is 14.6. The Labute approximate surface area is 149 Å². The fraction of sp³-hybridized carbons (Fsp3) is 0.500. The van der Waals surface area contributed by atoms with Gasteiger partial charge in [-0.3, -0.25) is 0 Å². The monoisotopic (exact) mass is 338 g/mol. The van der Waals surface area contributed by atoms with Crippen LogP contribution in [-0.4, -0.2) is 33.8 Å². The molecule has 132 valence electrons. The molecular formula is C20H26N4O. The maximum absolute atomic E-state index is 12.6. The van der Waals surface area contributed by atoms with Crippen molar-refractivity contribution in [1.82, 2.24) is 20.0 Å². The molecule has 1 aromatic carbocycles. The number of piperidine rings is 1. The molecule has 1 spiro atoms. The predicted octanol–water partition coefficient (Wildman–Crippen LogP) is 3.57. The molecule has 2 amide bonds. The van der Waals surface area contributed by atoms with E-state index >= 15 is 0 Å². The molecule has 5 heteroatoms. The molecule has 0 unspecified atom stereocenters. The number of nitrogens with zero attached hydrogens (tertiary/aromatic N) is 3. The Balaban J connectivity index is 1.46. The Morgan fingerprint density at radius 3 is 2.76 bits per heavy atom. The zero-order valence-electron chi connectivity index (χ0n) is 15.1. The quantitative estimate of drug-likeness (QED) is 0.930. The number of para-hydroxylation sites is 1. The highest BCUT2D eigenvalue weighted by Crippen LogP contribution is 2.51. The lowest BCUT2D eigenvalue weighted by Crippen LogP contribution is -2.46. The van der Waals surface area contributed by atoms with Gasteiger partial charge in [0.1, 0.15) is 0 Å². The smallest absolute Gasteiger partial charge is 0.317 e. The van der Waals surface area contributed by atoms with E-state index in [0.29, 0.717) is 12.0 Å². The van der Waals surface area contributed by atoms with Crippen molar-refractivity contribution in [2.45, 2.75) is 46.1 Å². The van der Waals surface area contributed by atoms with Gasteiger partial charge in [0, 0.05) is 25.3 Å². The Kier molecular flexibility index (Phi) is 4.02.